The van der Waals surface area contributed by atoms with Gasteiger partial charge in [0.15, 0.2) is 0 Å². The molecular weight excluding hydrogens is 190 g/mol. The maximum Gasteiger partial charge on any atom is 0.104 e. The van der Waals surface area contributed by atoms with Crippen LogP contribution in [0.1, 0.15) is 17.8 Å². The fourth-order valence-electron chi connectivity index (χ4n) is 0.929. The summed E-state index contributed by atoms with van der Waals surface area (Å²) >= 11 is 7.30. The van der Waals surface area contributed by atoms with Crippen molar-refractivity contribution in [1.29, 1.82) is 0 Å². The molecule has 1 nitrogen and oxygen atoms in total. The smallest absolute Gasteiger partial charge is 0.104 e. The summed E-state index contributed by atoms with van der Waals surface area (Å²) in [5.74, 6) is 2.67. The highest BCUT2D eigenvalue weighted by Gasteiger charge is 2.08. The number of halogens is 1. The van der Waals surface area contributed by atoms with E-state index in [0.29, 0.717) is 0 Å². The van der Waals surface area contributed by atoms with Crippen LogP contribution in [0.3, 0.4) is 0 Å². The largest absolute Gasteiger partial charge is 0.300 e. The minimum atomic E-state index is 0.00694. The first kappa shape index (κ1) is 9.60. The molecule has 1 rings (SSSR count). The highest BCUT2D eigenvalue weighted by atomic mass is 35.5. The first-order chi connectivity index (χ1) is 5.77. The van der Waals surface area contributed by atoms with Crippen LogP contribution in [0.2, 0.25) is 4.34 Å². The number of terminal acetylenes is 1. The molecule has 64 valence electrons. The molecule has 0 amide bonds. The van der Waals surface area contributed by atoms with Crippen molar-refractivity contribution in [2.24, 2.45) is 0 Å². The Balaban J connectivity index is 2.74. The van der Waals surface area contributed by atoms with Crippen LogP contribution in [0.4, 0.5) is 0 Å². The van der Waals surface area contributed by atoms with Gasteiger partial charge in [0.1, 0.15) is 6.04 Å². The van der Waals surface area contributed by atoms with Gasteiger partial charge in [0, 0.05) is 4.88 Å². The second-order valence-electron chi connectivity index (χ2n) is 2.30. The van der Waals surface area contributed by atoms with Gasteiger partial charge in [-0.15, -0.1) is 17.8 Å². The van der Waals surface area contributed by atoms with Crippen LogP contribution < -0.4 is 5.32 Å². The molecule has 0 aliphatic carbocycles. The maximum atomic E-state index is 5.78. The number of hydrogen-bond donors (Lipinski definition) is 1. The molecule has 3 heteroatoms. The average molecular weight is 200 g/mol. The summed E-state index contributed by atoms with van der Waals surface area (Å²) in [4.78, 5) is 1.10. The molecule has 0 bridgehead atoms. The summed E-state index contributed by atoms with van der Waals surface area (Å²) in [5.41, 5.74) is 0. The highest BCUT2D eigenvalue weighted by molar-refractivity contribution is 7.16. The van der Waals surface area contributed by atoms with E-state index in [1.54, 1.807) is 0 Å². The average Bonchev–Trinajstić information content (AvgIpc) is 2.47. The molecule has 0 radical (unpaired) electrons. The van der Waals surface area contributed by atoms with Crippen molar-refractivity contribution in [3.63, 3.8) is 0 Å². The third-order valence-corrected chi connectivity index (χ3v) is 2.75. The number of hydrogen-bond acceptors (Lipinski definition) is 2. The zero-order valence-corrected chi connectivity index (χ0v) is 8.38. The van der Waals surface area contributed by atoms with E-state index in [0.717, 1.165) is 15.8 Å². The first-order valence-corrected chi connectivity index (χ1v) is 4.92. The quantitative estimate of drug-likeness (QED) is 0.739. The van der Waals surface area contributed by atoms with Crippen LogP contribution >= 0.6 is 22.9 Å². The second-order valence-corrected chi connectivity index (χ2v) is 4.05. The lowest BCUT2D eigenvalue weighted by Gasteiger charge is -2.07. The summed E-state index contributed by atoms with van der Waals surface area (Å²) in [5, 5.41) is 3.18. The molecule has 0 spiro atoms. The zero-order chi connectivity index (χ0) is 8.97. The highest BCUT2D eigenvalue weighted by Crippen LogP contribution is 2.26. The number of rotatable bonds is 3. The first-order valence-electron chi connectivity index (χ1n) is 3.72. The zero-order valence-electron chi connectivity index (χ0n) is 6.80. The normalized spacial score (nSPS) is 12.4. The number of thiophene rings is 1. The Morgan fingerprint density at radius 1 is 1.75 bits per heavy atom. The lowest BCUT2D eigenvalue weighted by atomic mass is 10.2. The van der Waals surface area contributed by atoms with E-state index >= 15 is 0 Å². The standard InChI is InChI=1S/C9H10ClNS/c1-3-7(11-4-2)8-5-6-9(10)12-8/h1,5-7,11H,4H2,2H3. The van der Waals surface area contributed by atoms with E-state index in [1.165, 1.54) is 11.3 Å². The van der Waals surface area contributed by atoms with Crippen molar-refractivity contribution in [1.82, 2.24) is 5.32 Å². The second kappa shape index (κ2) is 4.51. The van der Waals surface area contributed by atoms with Crippen molar-refractivity contribution in [2.75, 3.05) is 6.54 Å². The molecule has 1 aromatic heterocycles. The summed E-state index contributed by atoms with van der Waals surface area (Å²) in [6.07, 6.45) is 5.35. The molecule has 1 heterocycles. The topological polar surface area (TPSA) is 12.0 Å². The van der Waals surface area contributed by atoms with E-state index in [4.69, 9.17) is 18.0 Å². The van der Waals surface area contributed by atoms with Gasteiger partial charge in [0.25, 0.3) is 0 Å². The lowest BCUT2D eigenvalue weighted by Crippen LogP contribution is -2.17. The third-order valence-electron chi connectivity index (χ3n) is 1.45. The minimum absolute atomic E-state index is 0.00694. The fraction of sp³-hybridized carbons (Fsp3) is 0.333. The minimum Gasteiger partial charge on any atom is -0.300 e. The molecule has 1 N–H and O–H groups in total. The van der Waals surface area contributed by atoms with Gasteiger partial charge in [0.2, 0.25) is 0 Å². The molecule has 0 fully saturated rings. The summed E-state index contributed by atoms with van der Waals surface area (Å²) in [6.45, 7) is 2.89. The Morgan fingerprint density at radius 3 is 2.92 bits per heavy atom. The Bertz CT molecular complexity index is 287. The van der Waals surface area contributed by atoms with Crippen molar-refractivity contribution in [3.05, 3.63) is 21.3 Å². The Hall–Kier alpha value is -0.490. The van der Waals surface area contributed by atoms with Gasteiger partial charge in [-0.05, 0) is 18.7 Å². The lowest BCUT2D eigenvalue weighted by molar-refractivity contribution is 0.674. The van der Waals surface area contributed by atoms with Gasteiger partial charge in [-0.25, -0.2) is 0 Å². The summed E-state index contributed by atoms with van der Waals surface area (Å²) < 4.78 is 0.781. The van der Waals surface area contributed by atoms with Crippen LogP contribution in [0, 0.1) is 12.3 Å². The van der Waals surface area contributed by atoms with Crippen LogP contribution in [0.15, 0.2) is 12.1 Å². The van der Waals surface area contributed by atoms with Crippen LogP contribution in [0.5, 0.6) is 0 Å². The van der Waals surface area contributed by atoms with Gasteiger partial charge in [0.05, 0.1) is 4.34 Å². The van der Waals surface area contributed by atoms with Gasteiger partial charge < -0.3 is 0 Å². The summed E-state index contributed by atoms with van der Waals surface area (Å²) in [7, 11) is 0. The van der Waals surface area contributed by atoms with Crippen molar-refractivity contribution in [2.45, 2.75) is 13.0 Å². The predicted octanol–water partition coefficient (Wildman–Crippen LogP) is 2.69. The SMILES string of the molecule is C#CC(NCC)c1ccc(Cl)s1. The molecule has 0 aliphatic heterocycles. The summed E-state index contributed by atoms with van der Waals surface area (Å²) in [6, 6.07) is 3.83. The molecule has 1 aromatic rings. The fourth-order valence-corrected chi connectivity index (χ4v) is 2.03. The van der Waals surface area contributed by atoms with Crippen LogP contribution in [-0.4, -0.2) is 6.54 Å². The Morgan fingerprint density at radius 2 is 2.50 bits per heavy atom. The molecular formula is C9H10ClNS. The van der Waals surface area contributed by atoms with E-state index < -0.39 is 0 Å². The molecule has 1 atom stereocenters. The van der Waals surface area contributed by atoms with E-state index in [1.807, 2.05) is 19.1 Å². The number of nitrogens with one attached hydrogen (secondary N) is 1. The molecule has 0 aromatic carbocycles. The molecule has 0 aliphatic rings. The monoisotopic (exact) mass is 199 g/mol. The van der Waals surface area contributed by atoms with E-state index in [-0.39, 0.29) is 6.04 Å². The van der Waals surface area contributed by atoms with E-state index in [9.17, 15) is 0 Å². The van der Waals surface area contributed by atoms with Crippen molar-refractivity contribution >= 4 is 22.9 Å². The Kier molecular flexibility index (Phi) is 3.61. The van der Waals surface area contributed by atoms with Gasteiger partial charge in [-0.2, -0.15) is 0 Å². The third kappa shape index (κ3) is 2.25. The van der Waals surface area contributed by atoms with E-state index in [2.05, 4.69) is 11.2 Å². The van der Waals surface area contributed by atoms with Crippen LogP contribution in [0.25, 0.3) is 0 Å². The van der Waals surface area contributed by atoms with Gasteiger partial charge in [-0.1, -0.05) is 24.4 Å². The van der Waals surface area contributed by atoms with Crippen LogP contribution in [-0.2, 0) is 0 Å². The Labute approximate surface area is 81.7 Å². The van der Waals surface area contributed by atoms with Crippen molar-refractivity contribution in [3.8, 4) is 12.3 Å². The molecule has 0 saturated carbocycles. The molecule has 1 unspecified atom stereocenters. The van der Waals surface area contributed by atoms with Crippen molar-refractivity contribution < 1.29 is 0 Å². The maximum absolute atomic E-state index is 5.78. The van der Waals surface area contributed by atoms with Gasteiger partial charge in [-0.3, -0.25) is 5.32 Å². The molecule has 0 saturated heterocycles. The molecule has 12 heavy (non-hydrogen) atoms. The predicted molar refractivity (Wildman–Crippen MR) is 54.6 cm³/mol. The van der Waals surface area contributed by atoms with Gasteiger partial charge >= 0.3 is 0 Å².